The molecule has 176 valence electrons. The summed E-state index contributed by atoms with van der Waals surface area (Å²) in [6, 6.07) is 10.2. The maximum atomic E-state index is 13.8. The van der Waals surface area contributed by atoms with Crippen LogP contribution in [0.5, 0.6) is 0 Å². The first-order valence-corrected chi connectivity index (χ1v) is 11.6. The summed E-state index contributed by atoms with van der Waals surface area (Å²) in [4.78, 5) is 53.7. The molecule has 0 bridgehead atoms. The zero-order valence-electron chi connectivity index (χ0n) is 18.9. The number of nitrogens with two attached hydrogens (primary N) is 1. The molecular weight excluding hydrogens is 456 g/mol. The Morgan fingerprint density at radius 2 is 1.85 bits per heavy atom. The van der Waals surface area contributed by atoms with Gasteiger partial charge in [-0.05, 0) is 43.0 Å². The van der Waals surface area contributed by atoms with E-state index < -0.39 is 35.2 Å². The molecule has 2 saturated heterocycles. The van der Waals surface area contributed by atoms with Gasteiger partial charge in [0.05, 0.1) is 18.4 Å². The Morgan fingerprint density at radius 1 is 1.12 bits per heavy atom. The van der Waals surface area contributed by atoms with Gasteiger partial charge in [-0.25, -0.2) is 0 Å². The molecule has 0 radical (unpaired) electrons. The van der Waals surface area contributed by atoms with Gasteiger partial charge in [-0.1, -0.05) is 41.9 Å². The minimum Gasteiger partial charge on any atom is -0.370 e. The first-order valence-electron chi connectivity index (χ1n) is 11.2. The van der Waals surface area contributed by atoms with Crippen LogP contribution in [0.15, 0.2) is 36.4 Å². The molecule has 2 aromatic carbocycles. The number of likely N-dealkylation sites (tertiary alicyclic amines) is 1. The number of carbonyl (C=O) groups excluding carboxylic acids is 4. The number of hydrogen-bond acceptors (Lipinski definition) is 5. The fourth-order valence-corrected chi connectivity index (χ4v) is 5.87. The molecule has 0 saturated carbocycles. The Bertz CT molecular complexity index is 1260. The molecule has 0 aromatic heterocycles. The Kier molecular flexibility index (Phi) is 5.26. The van der Waals surface area contributed by atoms with Crippen LogP contribution in [0.25, 0.3) is 0 Å². The van der Waals surface area contributed by atoms with Crippen LogP contribution >= 0.6 is 11.6 Å². The Hall–Kier alpha value is -3.23. The Balaban J connectivity index is 1.61. The monoisotopic (exact) mass is 480 g/mol. The molecule has 2 fully saturated rings. The van der Waals surface area contributed by atoms with Gasteiger partial charge in [-0.15, -0.1) is 0 Å². The quantitative estimate of drug-likeness (QED) is 0.566. The van der Waals surface area contributed by atoms with Gasteiger partial charge >= 0.3 is 0 Å². The maximum absolute atomic E-state index is 13.8. The SMILES string of the molecule is Cc1ccc2c(c1C)NC(=O)[C@]21N[C@@H](CCC(N)=O)[C@H]2C(=O)N(Cc3ccccc3Cl)C(=O)[C@@H]21. The molecule has 3 aliphatic rings. The van der Waals surface area contributed by atoms with Gasteiger partial charge in [0.15, 0.2) is 0 Å². The summed E-state index contributed by atoms with van der Waals surface area (Å²) >= 11 is 6.30. The topological polar surface area (TPSA) is 122 Å². The second kappa shape index (κ2) is 7.92. The van der Waals surface area contributed by atoms with Crippen LogP contribution in [-0.2, 0) is 31.3 Å². The molecular formula is C25H25ClN4O4. The van der Waals surface area contributed by atoms with Crippen LogP contribution in [0.1, 0.15) is 35.1 Å². The lowest BCUT2D eigenvalue weighted by molar-refractivity contribution is -0.143. The van der Waals surface area contributed by atoms with Crippen molar-refractivity contribution in [2.45, 2.75) is 44.8 Å². The molecule has 4 atom stereocenters. The highest BCUT2D eigenvalue weighted by Crippen LogP contribution is 2.54. The lowest BCUT2D eigenvalue weighted by Crippen LogP contribution is -2.53. The lowest BCUT2D eigenvalue weighted by atomic mass is 9.76. The van der Waals surface area contributed by atoms with Gasteiger partial charge in [-0.2, -0.15) is 0 Å². The van der Waals surface area contributed by atoms with Crippen molar-refractivity contribution in [3.05, 3.63) is 63.7 Å². The normalized spacial score (nSPS) is 27.3. The average molecular weight is 481 g/mol. The Labute approximate surface area is 201 Å². The van der Waals surface area contributed by atoms with Crippen LogP contribution in [0.2, 0.25) is 5.02 Å². The molecule has 0 aliphatic carbocycles. The van der Waals surface area contributed by atoms with Gasteiger partial charge in [-0.3, -0.25) is 29.4 Å². The summed E-state index contributed by atoms with van der Waals surface area (Å²) < 4.78 is 0. The van der Waals surface area contributed by atoms with E-state index in [1.165, 1.54) is 4.90 Å². The highest BCUT2D eigenvalue weighted by molar-refractivity contribution is 6.31. The molecule has 2 aromatic rings. The van der Waals surface area contributed by atoms with Crippen molar-refractivity contribution in [1.29, 1.82) is 0 Å². The number of primary amides is 1. The predicted octanol–water partition coefficient (Wildman–Crippen LogP) is 2.14. The van der Waals surface area contributed by atoms with Gasteiger partial charge in [0.25, 0.3) is 0 Å². The van der Waals surface area contributed by atoms with Crippen molar-refractivity contribution in [1.82, 2.24) is 10.2 Å². The summed E-state index contributed by atoms with van der Waals surface area (Å²) in [7, 11) is 0. The van der Waals surface area contributed by atoms with Crippen molar-refractivity contribution >= 4 is 40.9 Å². The van der Waals surface area contributed by atoms with Gasteiger partial charge in [0.2, 0.25) is 23.6 Å². The van der Waals surface area contributed by atoms with Crippen LogP contribution in [0.4, 0.5) is 5.69 Å². The fraction of sp³-hybridized carbons (Fsp3) is 0.360. The van der Waals surface area contributed by atoms with Crippen LogP contribution < -0.4 is 16.4 Å². The number of halogens is 1. The van der Waals surface area contributed by atoms with Crippen LogP contribution in [0.3, 0.4) is 0 Å². The van der Waals surface area contributed by atoms with Crippen molar-refractivity contribution < 1.29 is 19.2 Å². The molecule has 4 N–H and O–H groups in total. The highest BCUT2D eigenvalue weighted by atomic mass is 35.5. The molecule has 0 unspecified atom stereocenters. The number of aryl methyl sites for hydroxylation is 1. The van der Waals surface area contributed by atoms with E-state index in [2.05, 4.69) is 10.6 Å². The molecule has 9 heteroatoms. The van der Waals surface area contributed by atoms with E-state index in [0.29, 0.717) is 21.8 Å². The van der Waals surface area contributed by atoms with Gasteiger partial charge in [0, 0.05) is 28.7 Å². The number of amides is 4. The number of benzene rings is 2. The third-order valence-corrected chi connectivity index (χ3v) is 7.87. The van der Waals surface area contributed by atoms with E-state index in [9.17, 15) is 19.2 Å². The number of rotatable bonds is 5. The number of hydrogen-bond donors (Lipinski definition) is 3. The molecule has 3 aliphatic heterocycles. The van der Waals surface area contributed by atoms with Crippen molar-refractivity contribution in [2.24, 2.45) is 17.6 Å². The van der Waals surface area contributed by atoms with E-state index in [1.54, 1.807) is 24.3 Å². The second-order valence-electron chi connectivity index (χ2n) is 9.31. The number of nitrogens with zero attached hydrogens (tertiary/aromatic N) is 1. The summed E-state index contributed by atoms with van der Waals surface area (Å²) in [5, 5.41) is 6.72. The zero-order chi connectivity index (χ0) is 24.4. The standard InChI is InChI=1S/C25H25ClN4O4/c1-12-7-8-15-21(13(12)2)28-24(34)25(15)20-19(17(29-25)9-10-18(27)31)22(32)30(23(20)33)11-14-5-3-4-6-16(14)26/h3-8,17,19-20,29H,9-11H2,1-2H3,(H2,27,31)(H,28,34)/t17-,19+,20+,25-/m0/s1. The molecule has 8 nitrogen and oxygen atoms in total. The molecule has 5 rings (SSSR count). The summed E-state index contributed by atoms with van der Waals surface area (Å²) in [6.07, 6.45) is 0.273. The Morgan fingerprint density at radius 3 is 2.56 bits per heavy atom. The van der Waals surface area contributed by atoms with E-state index in [0.717, 1.165) is 11.1 Å². The van der Waals surface area contributed by atoms with E-state index in [1.807, 2.05) is 26.0 Å². The maximum Gasteiger partial charge on any atom is 0.250 e. The number of anilines is 1. The van der Waals surface area contributed by atoms with Gasteiger partial charge in [0.1, 0.15) is 5.54 Å². The third-order valence-electron chi connectivity index (χ3n) is 7.50. The van der Waals surface area contributed by atoms with Gasteiger partial charge < -0.3 is 11.1 Å². The van der Waals surface area contributed by atoms with Crippen molar-refractivity contribution in [2.75, 3.05) is 5.32 Å². The van der Waals surface area contributed by atoms with Crippen LogP contribution in [0, 0.1) is 25.7 Å². The smallest absolute Gasteiger partial charge is 0.250 e. The highest BCUT2D eigenvalue weighted by Gasteiger charge is 2.70. The largest absolute Gasteiger partial charge is 0.370 e. The summed E-state index contributed by atoms with van der Waals surface area (Å²) in [5.74, 6) is -3.42. The minimum absolute atomic E-state index is 0.0182. The molecule has 4 amide bonds. The average Bonchev–Trinajstić information content (AvgIpc) is 3.37. The van der Waals surface area contributed by atoms with Crippen molar-refractivity contribution in [3.63, 3.8) is 0 Å². The molecule has 3 heterocycles. The van der Waals surface area contributed by atoms with E-state index in [-0.39, 0.29) is 31.2 Å². The number of nitrogens with one attached hydrogen (secondary N) is 2. The number of imide groups is 1. The summed E-state index contributed by atoms with van der Waals surface area (Å²) in [6.45, 7) is 3.88. The molecule has 1 spiro atoms. The lowest BCUT2D eigenvalue weighted by Gasteiger charge is -2.29. The second-order valence-corrected chi connectivity index (χ2v) is 9.71. The zero-order valence-corrected chi connectivity index (χ0v) is 19.6. The van der Waals surface area contributed by atoms with Crippen LogP contribution in [-0.4, -0.2) is 34.6 Å². The fourth-order valence-electron chi connectivity index (χ4n) is 5.68. The first kappa shape index (κ1) is 22.6. The van der Waals surface area contributed by atoms with E-state index >= 15 is 0 Å². The third kappa shape index (κ3) is 3.09. The van der Waals surface area contributed by atoms with Crippen molar-refractivity contribution in [3.8, 4) is 0 Å². The number of carbonyl (C=O) groups is 4. The number of fused-ring (bicyclic) bond motifs is 4. The first-order chi connectivity index (χ1) is 16.2. The predicted molar refractivity (Wildman–Crippen MR) is 126 cm³/mol. The minimum atomic E-state index is -1.40. The van der Waals surface area contributed by atoms with E-state index in [4.69, 9.17) is 17.3 Å². The summed E-state index contributed by atoms with van der Waals surface area (Å²) in [5.41, 5.74) is 7.85. The molecule has 34 heavy (non-hydrogen) atoms.